The number of hydrogen-bond acceptors (Lipinski definition) is 4. The van der Waals surface area contributed by atoms with Crippen molar-refractivity contribution in [2.24, 2.45) is 0 Å². The number of anilines is 1. The van der Waals surface area contributed by atoms with Crippen LogP contribution in [0.2, 0.25) is 0 Å². The average Bonchev–Trinajstić information content (AvgIpc) is 2.76. The minimum atomic E-state index is -0.726. The van der Waals surface area contributed by atoms with Gasteiger partial charge in [-0.2, -0.15) is 0 Å². The molecular weight excluding hydrogens is 370 g/mol. The zero-order valence-electron chi connectivity index (χ0n) is 16.9. The highest BCUT2D eigenvalue weighted by atomic mass is 16.6. The quantitative estimate of drug-likeness (QED) is 0.623. The van der Waals surface area contributed by atoms with Crippen LogP contribution >= 0.6 is 0 Å². The third kappa shape index (κ3) is 5.48. The second-order valence-corrected chi connectivity index (χ2v) is 6.89. The molecule has 1 atom stereocenters. The number of ether oxygens (including phenoxy) is 2. The van der Waals surface area contributed by atoms with Crippen LogP contribution < -0.4 is 25.0 Å². The normalized spacial score (nSPS) is 15.1. The van der Waals surface area contributed by atoms with E-state index in [1.54, 1.807) is 36.4 Å². The molecule has 0 saturated heterocycles. The fraction of sp³-hybridized carbons (Fsp3) is 0.364. The first-order valence-corrected chi connectivity index (χ1v) is 10.0. The maximum Gasteiger partial charge on any atom is 0.269 e. The van der Waals surface area contributed by atoms with Crippen molar-refractivity contribution in [1.82, 2.24) is 5.32 Å². The first-order chi connectivity index (χ1) is 14.1. The summed E-state index contributed by atoms with van der Waals surface area (Å²) < 4.78 is 11.3. The second kappa shape index (κ2) is 9.93. The van der Waals surface area contributed by atoms with E-state index in [4.69, 9.17) is 9.47 Å². The summed E-state index contributed by atoms with van der Waals surface area (Å²) in [6.45, 7) is 8.05. The van der Waals surface area contributed by atoms with Crippen molar-refractivity contribution >= 4 is 17.5 Å². The fourth-order valence-corrected chi connectivity index (χ4v) is 3.13. The molecule has 3 N–H and O–H groups in total. The van der Waals surface area contributed by atoms with Gasteiger partial charge in [-0.25, -0.2) is 0 Å². The van der Waals surface area contributed by atoms with Gasteiger partial charge in [-0.1, -0.05) is 12.1 Å². The van der Waals surface area contributed by atoms with E-state index in [9.17, 15) is 9.59 Å². The van der Waals surface area contributed by atoms with Crippen molar-refractivity contribution in [3.05, 3.63) is 54.1 Å². The molecule has 7 heteroatoms. The molecule has 154 valence electrons. The van der Waals surface area contributed by atoms with E-state index < -0.39 is 6.10 Å². The summed E-state index contributed by atoms with van der Waals surface area (Å²) in [6, 6.07) is 14.1. The molecule has 0 spiro atoms. The number of hydrogen-bond donors (Lipinski definition) is 3. The number of likely N-dealkylation sites (N-methyl/N-ethyl adjacent to an activating group) is 1. The Morgan fingerprint density at radius 3 is 2.41 bits per heavy atom. The summed E-state index contributed by atoms with van der Waals surface area (Å²) >= 11 is 0. The predicted octanol–water partition coefficient (Wildman–Crippen LogP) is 1.12. The molecule has 1 aliphatic heterocycles. The van der Waals surface area contributed by atoms with Crippen LogP contribution in [0.1, 0.15) is 24.2 Å². The Balaban J connectivity index is 1.50. The van der Waals surface area contributed by atoms with E-state index in [0.29, 0.717) is 29.3 Å². The molecule has 0 radical (unpaired) electrons. The fourth-order valence-electron chi connectivity index (χ4n) is 3.13. The summed E-state index contributed by atoms with van der Waals surface area (Å²) in [7, 11) is 0. The highest BCUT2D eigenvalue weighted by molar-refractivity contribution is 5.97. The molecule has 0 aliphatic carbocycles. The van der Waals surface area contributed by atoms with Crippen LogP contribution in [0, 0.1) is 0 Å². The lowest BCUT2D eigenvalue weighted by atomic mass is 10.2. The number of benzene rings is 2. The van der Waals surface area contributed by atoms with Crippen molar-refractivity contribution in [2.45, 2.75) is 20.0 Å². The molecule has 1 aliphatic rings. The molecule has 2 aromatic carbocycles. The van der Waals surface area contributed by atoms with Crippen LogP contribution in [-0.2, 0) is 4.79 Å². The van der Waals surface area contributed by atoms with Gasteiger partial charge in [0.05, 0.1) is 26.2 Å². The van der Waals surface area contributed by atoms with Crippen molar-refractivity contribution in [2.75, 3.05) is 38.1 Å². The summed E-state index contributed by atoms with van der Waals surface area (Å²) in [4.78, 5) is 26.2. The SMILES string of the molecule is CC[NH+](CC)CCNC(=O)c1ccc(NC(=O)[C@@H]2COc3ccccc3O2)cc1. The summed E-state index contributed by atoms with van der Waals surface area (Å²) in [6.07, 6.45) is -0.726. The lowest BCUT2D eigenvalue weighted by molar-refractivity contribution is -0.895. The third-order valence-electron chi connectivity index (χ3n) is 4.98. The predicted molar refractivity (Wildman–Crippen MR) is 111 cm³/mol. The number of carbonyl (C=O) groups excluding carboxylic acids is 2. The van der Waals surface area contributed by atoms with Gasteiger partial charge in [0.2, 0.25) is 6.10 Å². The maximum atomic E-state index is 12.5. The Kier molecular flexibility index (Phi) is 7.08. The van der Waals surface area contributed by atoms with Crippen molar-refractivity contribution in [1.29, 1.82) is 0 Å². The molecule has 0 fully saturated rings. The van der Waals surface area contributed by atoms with E-state index >= 15 is 0 Å². The van der Waals surface area contributed by atoms with E-state index in [-0.39, 0.29) is 18.4 Å². The minimum absolute atomic E-state index is 0.116. The van der Waals surface area contributed by atoms with Gasteiger partial charge in [0.25, 0.3) is 11.8 Å². The van der Waals surface area contributed by atoms with Crippen LogP contribution in [0.15, 0.2) is 48.5 Å². The molecular formula is C22H28N3O4+. The highest BCUT2D eigenvalue weighted by Gasteiger charge is 2.27. The largest absolute Gasteiger partial charge is 0.485 e. The van der Waals surface area contributed by atoms with Crippen LogP contribution in [0.5, 0.6) is 11.5 Å². The minimum Gasteiger partial charge on any atom is -0.485 e. The van der Waals surface area contributed by atoms with Crippen LogP contribution in [-0.4, -0.2) is 50.7 Å². The van der Waals surface area contributed by atoms with Crippen molar-refractivity contribution < 1.29 is 24.0 Å². The van der Waals surface area contributed by atoms with Gasteiger partial charge < -0.3 is 25.0 Å². The van der Waals surface area contributed by atoms with E-state index in [0.717, 1.165) is 19.6 Å². The topological polar surface area (TPSA) is 81.1 Å². The molecule has 1 heterocycles. The second-order valence-electron chi connectivity index (χ2n) is 6.89. The lowest BCUT2D eigenvalue weighted by Gasteiger charge is -2.25. The van der Waals surface area contributed by atoms with E-state index in [2.05, 4.69) is 24.5 Å². The van der Waals surface area contributed by atoms with Crippen molar-refractivity contribution in [3.63, 3.8) is 0 Å². The summed E-state index contributed by atoms with van der Waals surface area (Å²) in [5.74, 6) is 0.779. The van der Waals surface area contributed by atoms with Crippen LogP contribution in [0.25, 0.3) is 0 Å². The lowest BCUT2D eigenvalue weighted by Crippen LogP contribution is -3.12. The number of nitrogens with one attached hydrogen (secondary N) is 3. The van der Waals surface area contributed by atoms with Crippen LogP contribution in [0.4, 0.5) is 5.69 Å². The number of quaternary nitrogens is 1. The number of amides is 2. The molecule has 0 unspecified atom stereocenters. The van der Waals surface area contributed by atoms with Crippen molar-refractivity contribution in [3.8, 4) is 11.5 Å². The summed E-state index contributed by atoms with van der Waals surface area (Å²) in [5.41, 5.74) is 1.16. The smallest absolute Gasteiger partial charge is 0.269 e. The highest BCUT2D eigenvalue weighted by Crippen LogP contribution is 2.31. The Labute approximate surface area is 171 Å². The molecule has 0 bridgehead atoms. The zero-order valence-corrected chi connectivity index (χ0v) is 16.9. The summed E-state index contributed by atoms with van der Waals surface area (Å²) in [5, 5.41) is 5.74. The average molecular weight is 398 g/mol. The van der Waals surface area contributed by atoms with Gasteiger partial charge in [0.1, 0.15) is 6.61 Å². The molecule has 0 saturated carbocycles. The molecule has 2 aromatic rings. The zero-order chi connectivity index (χ0) is 20.6. The first kappa shape index (κ1) is 20.7. The molecule has 2 amide bonds. The molecule has 7 nitrogen and oxygen atoms in total. The number of carbonyl (C=O) groups is 2. The Bertz CT molecular complexity index is 834. The Hall–Kier alpha value is -3.06. The standard InChI is InChI=1S/C22H27N3O4/c1-3-25(4-2)14-13-23-21(26)16-9-11-17(12-10-16)24-22(27)20-15-28-18-7-5-6-8-19(18)29-20/h5-12,20H,3-4,13-15H2,1-2H3,(H,23,26)(H,24,27)/p+1/t20-/m0/s1. The maximum absolute atomic E-state index is 12.5. The van der Waals surface area contributed by atoms with E-state index in [1.807, 2.05) is 12.1 Å². The monoisotopic (exact) mass is 398 g/mol. The number of para-hydroxylation sites is 2. The van der Waals surface area contributed by atoms with Crippen LogP contribution in [0.3, 0.4) is 0 Å². The molecule has 3 rings (SSSR count). The van der Waals surface area contributed by atoms with Gasteiger partial charge in [-0.3, -0.25) is 9.59 Å². The molecule has 0 aromatic heterocycles. The third-order valence-corrected chi connectivity index (χ3v) is 4.98. The van der Waals surface area contributed by atoms with Gasteiger partial charge >= 0.3 is 0 Å². The Morgan fingerprint density at radius 1 is 1.03 bits per heavy atom. The Morgan fingerprint density at radius 2 is 1.72 bits per heavy atom. The van der Waals surface area contributed by atoms with Gasteiger partial charge in [-0.05, 0) is 50.2 Å². The number of rotatable bonds is 8. The first-order valence-electron chi connectivity index (χ1n) is 10.0. The molecule has 29 heavy (non-hydrogen) atoms. The van der Waals surface area contributed by atoms with E-state index in [1.165, 1.54) is 4.90 Å². The van der Waals surface area contributed by atoms with Gasteiger partial charge in [0, 0.05) is 11.3 Å². The van der Waals surface area contributed by atoms with Gasteiger partial charge in [0.15, 0.2) is 11.5 Å². The number of fused-ring (bicyclic) bond motifs is 1. The van der Waals surface area contributed by atoms with Gasteiger partial charge in [-0.15, -0.1) is 0 Å².